The molecule has 0 saturated carbocycles. The fourth-order valence-corrected chi connectivity index (χ4v) is 3.28. The van der Waals surface area contributed by atoms with E-state index in [-0.39, 0.29) is 24.0 Å². The second-order valence-corrected chi connectivity index (χ2v) is 7.14. The zero-order valence-corrected chi connectivity index (χ0v) is 20.0. The number of aromatic nitrogens is 2. The molecule has 2 aromatic heterocycles. The standard InChI is InChI=1S/C19H30N6S.HI/c1-6-20-19(24(5)13-17-14-26-15(4)23-17)22-12-16-9-10-18(21-11-16)25(7-2)8-3;/h9-11,14H,6-8,12-13H2,1-5H3,(H,20,22);1H. The normalized spacial score (nSPS) is 11.1. The van der Waals surface area contributed by atoms with E-state index in [1.54, 1.807) is 11.3 Å². The van der Waals surface area contributed by atoms with Gasteiger partial charge < -0.3 is 15.1 Å². The summed E-state index contributed by atoms with van der Waals surface area (Å²) in [5.74, 6) is 1.90. The molecule has 2 heterocycles. The molecule has 27 heavy (non-hydrogen) atoms. The third-order valence-corrected chi connectivity index (χ3v) is 4.89. The summed E-state index contributed by atoms with van der Waals surface area (Å²) in [6.07, 6.45) is 1.92. The van der Waals surface area contributed by atoms with Crippen molar-refractivity contribution in [3.05, 3.63) is 40.0 Å². The number of aliphatic imine (C=N–C) groups is 1. The number of halogens is 1. The summed E-state index contributed by atoms with van der Waals surface area (Å²) in [5.41, 5.74) is 2.18. The Hall–Kier alpha value is -1.42. The Balaban J connectivity index is 0.00000364. The molecular formula is C19H31IN6S. The Morgan fingerprint density at radius 1 is 1.22 bits per heavy atom. The Labute approximate surface area is 184 Å². The summed E-state index contributed by atoms with van der Waals surface area (Å²) in [4.78, 5) is 18.2. The van der Waals surface area contributed by atoms with Gasteiger partial charge in [0.1, 0.15) is 5.82 Å². The van der Waals surface area contributed by atoms with Crippen molar-refractivity contribution in [3.63, 3.8) is 0 Å². The molecule has 0 saturated heterocycles. The van der Waals surface area contributed by atoms with Crippen molar-refractivity contribution in [1.29, 1.82) is 0 Å². The lowest BCUT2D eigenvalue weighted by Crippen LogP contribution is -2.38. The number of thiazole rings is 1. The average Bonchev–Trinajstić information content (AvgIpc) is 3.05. The number of hydrogen-bond acceptors (Lipinski definition) is 5. The minimum Gasteiger partial charge on any atom is -0.357 e. The van der Waals surface area contributed by atoms with Crippen LogP contribution in [-0.2, 0) is 13.1 Å². The zero-order valence-electron chi connectivity index (χ0n) is 16.9. The minimum atomic E-state index is 0. The maximum absolute atomic E-state index is 4.75. The van der Waals surface area contributed by atoms with Crippen LogP contribution in [0.3, 0.4) is 0 Å². The molecule has 6 nitrogen and oxygen atoms in total. The molecule has 0 radical (unpaired) electrons. The highest BCUT2D eigenvalue weighted by molar-refractivity contribution is 14.0. The number of aryl methyl sites for hydroxylation is 1. The first kappa shape index (κ1) is 23.6. The van der Waals surface area contributed by atoms with Crippen LogP contribution < -0.4 is 10.2 Å². The predicted molar refractivity (Wildman–Crippen MR) is 126 cm³/mol. The lowest BCUT2D eigenvalue weighted by atomic mass is 10.3. The van der Waals surface area contributed by atoms with Crippen LogP contribution in [0, 0.1) is 6.92 Å². The van der Waals surface area contributed by atoms with Gasteiger partial charge in [-0.15, -0.1) is 35.3 Å². The molecule has 150 valence electrons. The SMILES string of the molecule is CCNC(=NCc1ccc(N(CC)CC)nc1)N(C)Cc1csc(C)n1.I. The lowest BCUT2D eigenvalue weighted by molar-refractivity contribution is 0.471. The van der Waals surface area contributed by atoms with Gasteiger partial charge in [-0.3, -0.25) is 0 Å². The maximum atomic E-state index is 4.75. The molecule has 0 aromatic carbocycles. The van der Waals surface area contributed by atoms with Crippen molar-refractivity contribution in [1.82, 2.24) is 20.2 Å². The summed E-state index contributed by atoms with van der Waals surface area (Å²) >= 11 is 1.68. The van der Waals surface area contributed by atoms with Gasteiger partial charge in [-0.1, -0.05) is 6.07 Å². The van der Waals surface area contributed by atoms with Gasteiger partial charge in [0, 0.05) is 38.3 Å². The van der Waals surface area contributed by atoms with Crippen LogP contribution in [0.1, 0.15) is 37.0 Å². The second kappa shape index (κ2) is 12.1. The summed E-state index contributed by atoms with van der Waals surface area (Å²) < 4.78 is 0. The minimum absolute atomic E-state index is 0. The zero-order chi connectivity index (χ0) is 18.9. The molecule has 2 rings (SSSR count). The fourth-order valence-electron chi connectivity index (χ4n) is 2.68. The molecule has 0 bridgehead atoms. The monoisotopic (exact) mass is 502 g/mol. The highest BCUT2D eigenvalue weighted by atomic mass is 127. The summed E-state index contributed by atoms with van der Waals surface area (Å²) in [6.45, 7) is 12.5. The van der Waals surface area contributed by atoms with Gasteiger partial charge >= 0.3 is 0 Å². The fraction of sp³-hybridized carbons (Fsp3) is 0.526. The first-order valence-corrected chi connectivity index (χ1v) is 10.1. The van der Waals surface area contributed by atoms with Gasteiger partial charge in [-0.2, -0.15) is 0 Å². The number of pyridine rings is 1. The third-order valence-electron chi connectivity index (χ3n) is 4.07. The van der Waals surface area contributed by atoms with E-state index in [2.05, 4.69) is 63.4 Å². The number of nitrogens with one attached hydrogen (secondary N) is 1. The molecule has 0 unspecified atom stereocenters. The molecule has 1 N–H and O–H groups in total. The second-order valence-electron chi connectivity index (χ2n) is 6.08. The van der Waals surface area contributed by atoms with Crippen molar-refractivity contribution in [2.75, 3.05) is 31.6 Å². The Bertz CT molecular complexity index is 696. The van der Waals surface area contributed by atoms with Crippen LogP contribution in [0.2, 0.25) is 0 Å². The van der Waals surface area contributed by atoms with E-state index in [1.165, 1.54) is 0 Å². The van der Waals surface area contributed by atoms with Crippen molar-refractivity contribution in [2.45, 2.75) is 40.8 Å². The summed E-state index contributed by atoms with van der Waals surface area (Å²) in [6, 6.07) is 4.18. The maximum Gasteiger partial charge on any atom is 0.194 e. The molecule has 8 heteroatoms. The first-order valence-electron chi connectivity index (χ1n) is 9.17. The van der Waals surface area contributed by atoms with Crippen LogP contribution in [0.5, 0.6) is 0 Å². The Kier molecular flexibility index (Phi) is 10.6. The van der Waals surface area contributed by atoms with Gasteiger partial charge in [0.05, 0.1) is 23.8 Å². The van der Waals surface area contributed by atoms with Crippen molar-refractivity contribution in [2.24, 2.45) is 4.99 Å². The van der Waals surface area contributed by atoms with E-state index < -0.39 is 0 Å². The smallest absolute Gasteiger partial charge is 0.194 e. The van der Waals surface area contributed by atoms with Crippen LogP contribution in [0.15, 0.2) is 28.7 Å². The highest BCUT2D eigenvalue weighted by Crippen LogP contribution is 2.12. The number of rotatable bonds is 8. The van der Waals surface area contributed by atoms with E-state index >= 15 is 0 Å². The number of hydrogen-bond donors (Lipinski definition) is 1. The summed E-state index contributed by atoms with van der Waals surface area (Å²) in [5, 5.41) is 6.55. The van der Waals surface area contributed by atoms with Crippen LogP contribution >= 0.6 is 35.3 Å². The third kappa shape index (κ3) is 7.25. The molecule has 0 spiro atoms. The van der Waals surface area contributed by atoms with E-state index in [0.717, 1.165) is 54.2 Å². The lowest BCUT2D eigenvalue weighted by Gasteiger charge is -2.21. The van der Waals surface area contributed by atoms with Gasteiger partial charge in [0.25, 0.3) is 0 Å². The van der Waals surface area contributed by atoms with Crippen LogP contribution in [0.25, 0.3) is 0 Å². The van der Waals surface area contributed by atoms with Crippen LogP contribution in [-0.4, -0.2) is 47.5 Å². The van der Waals surface area contributed by atoms with Crippen molar-refractivity contribution < 1.29 is 0 Å². The van der Waals surface area contributed by atoms with Gasteiger partial charge in [0.15, 0.2) is 5.96 Å². The molecule has 0 aliphatic heterocycles. The topological polar surface area (TPSA) is 56.7 Å². The molecule has 2 aromatic rings. The molecule has 0 fully saturated rings. The van der Waals surface area contributed by atoms with Gasteiger partial charge in [0.2, 0.25) is 0 Å². The predicted octanol–water partition coefficient (Wildman–Crippen LogP) is 3.91. The van der Waals surface area contributed by atoms with E-state index in [1.807, 2.05) is 20.2 Å². The van der Waals surface area contributed by atoms with Crippen molar-refractivity contribution in [3.8, 4) is 0 Å². The Morgan fingerprint density at radius 3 is 2.48 bits per heavy atom. The number of guanidine groups is 1. The van der Waals surface area contributed by atoms with Crippen LogP contribution in [0.4, 0.5) is 5.82 Å². The molecular weight excluding hydrogens is 471 g/mol. The molecule has 0 aliphatic rings. The summed E-state index contributed by atoms with van der Waals surface area (Å²) in [7, 11) is 2.04. The number of anilines is 1. The Morgan fingerprint density at radius 2 is 1.96 bits per heavy atom. The average molecular weight is 502 g/mol. The largest absolute Gasteiger partial charge is 0.357 e. The molecule has 0 atom stereocenters. The highest BCUT2D eigenvalue weighted by Gasteiger charge is 2.09. The van der Waals surface area contributed by atoms with Gasteiger partial charge in [-0.05, 0) is 39.3 Å². The number of nitrogens with zero attached hydrogens (tertiary/aromatic N) is 5. The van der Waals surface area contributed by atoms with E-state index in [4.69, 9.17) is 4.99 Å². The van der Waals surface area contributed by atoms with Gasteiger partial charge in [-0.25, -0.2) is 15.0 Å². The van der Waals surface area contributed by atoms with E-state index in [9.17, 15) is 0 Å². The molecule has 0 aliphatic carbocycles. The van der Waals surface area contributed by atoms with Crippen molar-refractivity contribution >= 4 is 47.1 Å². The first-order chi connectivity index (χ1) is 12.6. The molecule has 0 amide bonds. The quantitative estimate of drug-likeness (QED) is 0.337. The van der Waals surface area contributed by atoms with E-state index in [0.29, 0.717) is 6.54 Å².